The highest BCUT2D eigenvalue weighted by atomic mass is 15.1. The number of hydrogen-bond donors (Lipinski definition) is 0. The third-order valence-corrected chi connectivity index (χ3v) is 13.9. The summed E-state index contributed by atoms with van der Waals surface area (Å²) in [7, 11) is 0. The van der Waals surface area contributed by atoms with E-state index in [2.05, 4.69) is 222 Å². The van der Waals surface area contributed by atoms with Crippen molar-refractivity contribution in [2.45, 2.75) is 57.8 Å². The van der Waals surface area contributed by atoms with Crippen LogP contribution in [0.15, 0.2) is 176 Å². The van der Waals surface area contributed by atoms with Gasteiger partial charge >= 0.3 is 0 Å². The molecular formula is C57H47N. The van der Waals surface area contributed by atoms with E-state index in [1.54, 1.807) is 0 Å². The first-order valence-corrected chi connectivity index (χ1v) is 20.8. The average molecular weight is 746 g/mol. The Kier molecular flexibility index (Phi) is 7.36. The lowest BCUT2D eigenvalue weighted by molar-refractivity contribution is 0.658. The zero-order valence-electron chi connectivity index (χ0n) is 34.2. The molecule has 1 nitrogen and oxygen atoms in total. The molecule has 0 atom stereocenters. The third kappa shape index (κ3) is 4.83. The van der Waals surface area contributed by atoms with Gasteiger partial charge in [0.05, 0.1) is 5.69 Å². The van der Waals surface area contributed by atoms with Crippen molar-refractivity contribution in [2.24, 2.45) is 0 Å². The standard InChI is InChI=1S/C57H47N/c1-55(2)48-21-13-10-18-42(48)45-30-26-38(34-51(45)55)41-32-33-47-44-20-12-15-23-50(44)57(5,6)53(47)54(41)58(39-27-24-37(25-28-39)36-16-8-7-9-17-36)40-29-31-46-43-19-11-14-22-49(43)56(3,4)52(46)35-40/h7-35H,1-6H3. The summed E-state index contributed by atoms with van der Waals surface area (Å²) >= 11 is 0. The number of nitrogens with zero attached hydrogens (tertiary/aromatic N) is 1. The zero-order chi connectivity index (χ0) is 39.6. The maximum atomic E-state index is 2.59. The lowest BCUT2D eigenvalue weighted by Crippen LogP contribution is -2.22. The van der Waals surface area contributed by atoms with Crippen molar-refractivity contribution in [3.63, 3.8) is 0 Å². The summed E-state index contributed by atoms with van der Waals surface area (Å²) in [5, 5.41) is 0. The molecule has 0 heterocycles. The molecule has 3 aliphatic carbocycles. The smallest absolute Gasteiger partial charge is 0.0587 e. The van der Waals surface area contributed by atoms with Gasteiger partial charge in [-0.2, -0.15) is 0 Å². The van der Waals surface area contributed by atoms with E-state index in [9.17, 15) is 0 Å². The normalized spacial score (nSPS) is 15.5. The summed E-state index contributed by atoms with van der Waals surface area (Å²) < 4.78 is 0. The van der Waals surface area contributed by atoms with Crippen molar-refractivity contribution in [2.75, 3.05) is 4.90 Å². The number of fused-ring (bicyclic) bond motifs is 9. The largest absolute Gasteiger partial charge is 0.310 e. The van der Waals surface area contributed by atoms with Crippen LogP contribution in [0.1, 0.15) is 74.9 Å². The van der Waals surface area contributed by atoms with E-state index < -0.39 is 0 Å². The summed E-state index contributed by atoms with van der Waals surface area (Å²) in [4.78, 5) is 2.59. The molecule has 0 aliphatic heterocycles. The van der Waals surface area contributed by atoms with E-state index in [-0.39, 0.29) is 16.2 Å². The first-order chi connectivity index (χ1) is 28.0. The molecule has 0 bridgehead atoms. The molecule has 1 heteroatoms. The fourth-order valence-electron chi connectivity index (χ4n) is 10.9. The van der Waals surface area contributed by atoms with Crippen molar-refractivity contribution in [3.8, 4) is 55.6 Å². The molecular weight excluding hydrogens is 699 g/mol. The molecule has 3 aliphatic rings. The van der Waals surface area contributed by atoms with Crippen LogP contribution in [0.5, 0.6) is 0 Å². The molecule has 0 saturated carbocycles. The molecule has 0 fully saturated rings. The third-order valence-electron chi connectivity index (χ3n) is 13.9. The topological polar surface area (TPSA) is 3.24 Å². The van der Waals surface area contributed by atoms with Gasteiger partial charge in [-0.1, -0.05) is 187 Å². The molecule has 8 aromatic rings. The molecule has 11 rings (SSSR count). The van der Waals surface area contributed by atoms with Crippen molar-refractivity contribution in [1.82, 2.24) is 0 Å². The Morgan fingerprint density at radius 1 is 0.293 bits per heavy atom. The van der Waals surface area contributed by atoms with Crippen LogP contribution in [0.2, 0.25) is 0 Å². The van der Waals surface area contributed by atoms with Crippen LogP contribution >= 0.6 is 0 Å². The van der Waals surface area contributed by atoms with Crippen LogP contribution in [0.3, 0.4) is 0 Å². The van der Waals surface area contributed by atoms with Crippen LogP contribution in [0.4, 0.5) is 17.1 Å². The van der Waals surface area contributed by atoms with Crippen molar-refractivity contribution < 1.29 is 0 Å². The second-order valence-electron chi connectivity index (χ2n) is 18.1. The predicted octanol–water partition coefficient (Wildman–Crippen LogP) is 15.4. The summed E-state index contributed by atoms with van der Waals surface area (Å²) in [6.07, 6.45) is 0. The SMILES string of the molecule is CC1(C)c2ccccc2-c2ccc(-c3ccc4c(c3N(c3ccc(-c5ccccc5)cc3)c3ccc5c(c3)C(C)(C)c3ccccc3-5)C(C)(C)c3ccccc3-4)cc21. The monoisotopic (exact) mass is 745 g/mol. The Bertz CT molecular complexity index is 2960. The van der Waals surface area contributed by atoms with Crippen LogP contribution in [-0.2, 0) is 16.2 Å². The molecule has 0 aromatic heterocycles. The molecule has 0 amide bonds. The van der Waals surface area contributed by atoms with Gasteiger partial charge in [0.15, 0.2) is 0 Å². The van der Waals surface area contributed by atoms with Gasteiger partial charge in [0, 0.05) is 33.2 Å². The van der Waals surface area contributed by atoms with E-state index in [1.807, 2.05) is 0 Å². The Balaban J connectivity index is 1.20. The molecule has 0 spiro atoms. The summed E-state index contributed by atoms with van der Waals surface area (Å²) in [6, 6.07) is 66.2. The molecule has 58 heavy (non-hydrogen) atoms. The van der Waals surface area contributed by atoms with E-state index >= 15 is 0 Å². The number of hydrogen-bond acceptors (Lipinski definition) is 1. The highest BCUT2D eigenvalue weighted by molar-refractivity contribution is 5.99. The fourth-order valence-corrected chi connectivity index (χ4v) is 10.9. The lowest BCUT2D eigenvalue weighted by Gasteiger charge is -2.35. The lowest BCUT2D eigenvalue weighted by atomic mass is 9.78. The molecule has 0 saturated heterocycles. The van der Waals surface area contributed by atoms with Crippen molar-refractivity contribution in [1.29, 1.82) is 0 Å². The van der Waals surface area contributed by atoms with E-state index in [0.29, 0.717) is 0 Å². The number of anilines is 3. The quantitative estimate of drug-likeness (QED) is 0.170. The van der Waals surface area contributed by atoms with Gasteiger partial charge in [0.25, 0.3) is 0 Å². The Hall–Kier alpha value is -6.44. The summed E-state index contributed by atoms with van der Waals surface area (Å²) in [6.45, 7) is 14.4. The second-order valence-corrected chi connectivity index (χ2v) is 18.1. The van der Waals surface area contributed by atoms with E-state index in [1.165, 1.54) is 100 Å². The van der Waals surface area contributed by atoms with Gasteiger partial charge in [0.1, 0.15) is 0 Å². The molecule has 0 unspecified atom stereocenters. The highest BCUT2D eigenvalue weighted by Gasteiger charge is 2.42. The minimum atomic E-state index is -0.252. The van der Waals surface area contributed by atoms with Crippen LogP contribution in [0.25, 0.3) is 55.6 Å². The Morgan fingerprint density at radius 3 is 1.33 bits per heavy atom. The summed E-state index contributed by atoms with van der Waals surface area (Å²) in [5.74, 6) is 0. The highest BCUT2D eigenvalue weighted by Crippen LogP contribution is 2.59. The maximum absolute atomic E-state index is 2.59. The van der Waals surface area contributed by atoms with Gasteiger partial charge < -0.3 is 4.90 Å². The van der Waals surface area contributed by atoms with Gasteiger partial charge in [-0.15, -0.1) is 0 Å². The van der Waals surface area contributed by atoms with E-state index in [4.69, 9.17) is 0 Å². The Labute approximate surface area is 343 Å². The second kappa shape index (κ2) is 12.3. The molecule has 0 radical (unpaired) electrons. The van der Waals surface area contributed by atoms with Crippen LogP contribution < -0.4 is 4.90 Å². The first-order valence-electron chi connectivity index (χ1n) is 20.8. The van der Waals surface area contributed by atoms with Crippen LogP contribution in [-0.4, -0.2) is 0 Å². The van der Waals surface area contributed by atoms with Crippen LogP contribution in [0, 0.1) is 0 Å². The zero-order valence-corrected chi connectivity index (χ0v) is 34.2. The predicted molar refractivity (Wildman–Crippen MR) is 245 cm³/mol. The minimum absolute atomic E-state index is 0.109. The van der Waals surface area contributed by atoms with Crippen molar-refractivity contribution in [3.05, 3.63) is 209 Å². The first kappa shape index (κ1) is 34.8. The molecule has 280 valence electrons. The fraction of sp³-hybridized carbons (Fsp3) is 0.158. The number of rotatable bonds is 5. The van der Waals surface area contributed by atoms with Gasteiger partial charge in [0.2, 0.25) is 0 Å². The van der Waals surface area contributed by atoms with E-state index in [0.717, 1.165) is 5.69 Å². The van der Waals surface area contributed by atoms with Gasteiger partial charge in [-0.3, -0.25) is 0 Å². The Morgan fingerprint density at radius 2 is 0.707 bits per heavy atom. The summed E-state index contributed by atoms with van der Waals surface area (Å²) in [5.41, 5.74) is 24.2. The number of benzene rings is 8. The molecule has 0 N–H and O–H groups in total. The average Bonchev–Trinajstić information content (AvgIpc) is 3.74. The molecule has 8 aromatic carbocycles. The maximum Gasteiger partial charge on any atom is 0.0587 e. The minimum Gasteiger partial charge on any atom is -0.310 e. The van der Waals surface area contributed by atoms with Gasteiger partial charge in [-0.05, 0) is 114 Å². The van der Waals surface area contributed by atoms with Gasteiger partial charge in [-0.25, -0.2) is 0 Å². The van der Waals surface area contributed by atoms with Crippen molar-refractivity contribution >= 4 is 17.1 Å².